The summed E-state index contributed by atoms with van der Waals surface area (Å²) in [5.74, 6) is 0.969. The Morgan fingerprint density at radius 1 is 1.35 bits per heavy atom. The lowest BCUT2D eigenvalue weighted by Crippen LogP contribution is -2.53. The van der Waals surface area contributed by atoms with Crippen LogP contribution in [0.2, 0.25) is 0 Å². The predicted octanol–water partition coefficient (Wildman–Crippen LogP) is 3.13. The molecule has 0 heterocycles. The van der Waals surface area contributed by atoms with Gasteiger partial charge in [0.05, 0.1) is 19.1 Å². The van der Waals surface area contributed by atoms with Crippen LogP contribution in [0.15, 0.2) is 18.2 Å². The molecular formula is C18H27ClN2O2. The molecule has 0 saturated heterocycles. The molecular weight excluding hydrogens is 312 g/mol. The second-order valence-electron chi connectivity index (χ2n) is 6.93. The van der Waals surface area contributed by atoms with E-state index in [0.29, 0.717) is 0 Å². The molecule has 0 bridgehead atoms. The van der Waals surface area contributed by atoms with Crippen LogP contribution in [0.5, 0.6) is 5.75 Å². The number of nitrogens with two attached hydrogens (primary N) is 1. The minimum Gasteiger partial charge on any atom is -0.496 e. The Labute approximate surface area is 144 Å². The largest absolute Gasteiger partial charge is 0.496 e. The Bertz CT molecular complexity index is 574. The van der Waals surface area contributed by atoms with Crippen molar-refractivity contribution in [3.05, 3.63) is 29.3 Å². The number of nitrogens with one attached hydrogen (secondary N) is 1. The van der Waals surface area contributed by atoms with Crippen LogP contribution in [0.1, 0.15) is 56.2 Å². The van der Waals surface area contributed by atoms with Gasteiger partial charge in [-0.1, -0.05) is 25.0 Å². The summed E-state index contributed by atoms with van der Waals surface area (Å²) in [6.45, 7) is 2.02. The summed E-state index contributed by atoms with van der Waals surface area (Å²) in [5, 5.41) is 3.24. The molecule has 0 aliphatic heterocycles. The van der Waals surface area contributed by atoms with Gasteiger partial charge >= 0.3 is 0 Å². The van der Waals surface area contributed by atoms with Crippen molar-refractivity contribution in [3.63, 3.8) is 0 Å². The summed E-state index contributed by atoms with van der Waals surface area (Å²) >= 11 is 0. The van der Waals surface area contributed by atoms with Gasteiger partial charge in [-0.05, 0) is 49.8 Å². The molecule has 0 radical (unpaired) electrons. The molecule has 3 unspecified atom stereocenters. The van der Waals surface area contributed by atoms with Crippen molar-refractivity contribution in [1.82, 2.24) is 5.32 Å². The highest BCUT2D eigenvalue weighted by atomic mass is 35.5. The number of hydrogen-bond donors (Lipinski definition) is 2. The molecule has 0 spiro atoms. The molecule has 1 aromatic rings. The monoisotopic (exact) mass is 338 g/mol. The number of rotatable bonds is 3. The Hall–Kier alpha value is -1.26. The van der Waals surface area contributed by atoms with Crippen molar-refractivity contribution in [1.29, 1.82) is 0 Å². The normalized spacial score (nSPS) is 29.3. The highest BCUT2D eigenvalue weighted by molar-refractivity contribution is 5.85. The second-order valence-corrected chi connectivity index (χ2v) is 6.93. The Balaban J connectivity index is 0.00000192. The third-order valence-corrected chi connectivity index (χ3v) is 5.33. The van der Waals surface area contributed by atoms with Crippen LogP contribution < -0.4 is 15.8 Å². The molecule has 2 aliphatic carbocycles. The van der Waals surface area contributed by atoms with E-state index < -0.39 is 0 Å². The number of methoxy groups -OCH3 is 1. The van der Waals surface area contributed by atoms with Crippen molar-refractivity contribution in [2.75, 3.05) is 7.11 Å². The number of fused-ring (bicyclic) bond motifs is 1. The first-order valence-electron chi connectivity index (χ1n) is 8.28. The van der Waals surface area contributed by atoms with E-state index in [1.807, 2.05) is 19.1 Å². The molecule has 128 valence electrons. The van der Waals surface area contributed by atoms with Gasteiger partial charge in [0, 0.05) is 5.54 Å². The highest BCUT2D eigenvalue weighted by Crippen LogP contribution is 2.38. The van der Waals surface area contributed by atoms with Crippen LogP contribution in [0.3, 0.4) is 0 Å². The molecule has 2 aliphatic rings. The van der Waals surface area contributed by atoms with Crippen LogP contribution in [0.25, 0.3) is 0 Å². The van der Waals surface area contributed by atoms with Gasteiger partial charge in [0.25, 0.3) is 0 Å². The first kappa shape index (κ1) is 18.1. The number of hydrogen-bond acceptors (Lipinski definition) is 3. The molecule has 1 saturated carbocycles. The summed E-state index contributed by atoms with van der Waals surface area (Å²) in [6.07, 6.45) is 5.95. The molecule has 1 fully saturated rings. The molecule has 5 heteroatoms. The van der Waals surface area contributed by atoms with E-state index in [1.54, 1.807) is 7.11 Å². The fourth-order valence-electron chi connectivity index (χ4n) is 4.02. The topological polar surface area (TPSA) is 64.3 Å². The fourth-order valence-corrected chi connectivity index (χ4v) is 4.02. The lowest BCUT2D eigenvalue weighted by molar-refractivity contribution is -0.128. The minimum atomic E-state index is -0.377. The maximum atomic E-state index is 12.7. The lowest BCUT2D eigenvalue weighted by atomic mass is 9.74. The zero-order valence-corrected chi connectivity index (χ0v) is 14.7. The number of amides is 1. The summed E-state index contributed by atoms with van der Waals surface area (Å²) < 4.78 is 5.43. The molecule has 4 nitrogen and oxygen atoms in total. The van der Waals surface area contributed by atoms with E-state index in [9.17, 15) is 4.79 Å². The van der Waals surface area contributed by atoms with Crippen LogP contribution in [0.4, 0.5) is 0 Å². The van der Waals surface area contributed by atoms with Gasteiger partial charge in [0.15, 0.2) is 0 Å². The molecule has 1 amide bonds. The zero-order valence-electron chi connectivity index (χ0n) is 13.9. The average molecular weight is 339 g/mol. The van der Waals surface area contributed by atoms with Crippen molar-refractivity contribution in [2.24, 2.45) is 11.7 Å². The number of ether oxygens (including phenoxy) is 1. The number of benzene rings is 1. The van der Waals surface area contributed by atoms with Crippen LogP contribution in [-0.2, 0) is 11.2 Å². The highest BCUT2D eigenvalue weighted by Gasteiger charge is 2.39. The van der Waals surface area contributed by atoms with Gasteiger partial charge < -0.3 is 15.8 Å². The summed E-state index contributed by atoms with van der Waals surface area (Å²) in [4.78, 5) is 12.7. The summed E-state index contributed by atoms with van der Waals surface area (Å²) in [7, 11) is 1.70. The number of carbonyl (C=O) groups excluding carboxylic acids is 1. The summed E-state index contributed by atoms with van der Waals surface area (Å²) in [6, 6.07) is 6.17. The fraction of sp³-hybridized carbons (Fsp3) is 0.611. The molecule has 3 rings (SSSR count). The van der Waals surface area contributed by atoms with Crippen molar-refractivity contribution < 1.29 is 9.53 Å². The van der Waals surface area contributed by atoms with Gasteiger partial charge in [0.1, 0.15) is 5.75 Å². The molecule has 3 N–H and O–H groups in total. The second kappa shape index (κ2) is 7.10. The SMILES string of the molecule is COc1cccc2c1CCC2NC(=O)C1CCCCC1(C)N.Cl. The number of carbonyl (C=O) groups is 1. The van der Waals surface area contributed by atoms with Crippen molar-refractivity contribution >= 4 is 18.3 Å². The smallest absolute Gasteiger partial charge is 0.225 e. The van der Waals surface area contributed by atoms with E-state index in [-0.39, 0.29) is 35.8 Å². The number of halogens is 1. The van der Waals surface area contributed by atoms with Crippen LogP contribution in [-0.4, -0.2) is 18.6 Å². The average Bonchev–Trinajstić information content (AvgIpc) is 2.89. The summed E-state index contributed by atoms with van der Waals surface area (Å²) in [5.41, 5.74) is 8.41. The van der Waals surface area contributed by atoms with Gasteiger partial charge in [-0.3, -0.25) is 4.79 Å². The van der Waals surface area contributed by atoms with E-state index >= 15 is 0 Å². The maximum absolute atomic E-state index is 12.7. The predicted molar refractivity (Wildman–Crippen MR) is 94.0 cm³/mol. The Morgan fingerprint density at radius 3 is 2.83 bits per heavy atom. The van der Waals surface area contributed by atoms with Crippen LogP contribution >= 0.6 is 12.4 Å². The Morgan fingerprint density at radius 2 is 2.13 bits per heavy atom. The molecule has 3 atom stereocenters. The van der Waals surface area contributed by atoms with Gasteiger partial charge in [0.2, 0.25) is 5.91 Å². The van der Waals surface area contributed by atoms with E-state index in [2.05, 4.69) is 11.4 Å². The molecule has 1 aromatic carbocycles. The zero-order chi connectivity index (χ0) is 15.7. The third kappa shape index (κ3) is 3.48. The first-order chi connectivity index (χ1) is 10.5. The Kier molecular flexibility index (Phi) is 5.58. The molecule has 23 heavy (non-hydrogen) atoms. The van der Waals surface area contributed by atoms with E-state index in [0.717, 1.165) is 44.3 Å². The molecule has 0 aromatic heterocycles. The van der Waals surface area contributed by atoms with Crippen LogP contribution in [0, 0.1) is 5.92 Å². The standard InChI is InChI=1S/C18H26N2O2.ClH/c1-18(19)11-4-3-7-14(18)17(21)20-15-10-9-13-12(15)6-5-8-16(13)22-2;/h5-6,8,14-15H,3-4,7,9-11,19H2,1-2H3,(H,20,21);1H. The van der Waals surface area contributed by atoms with E-state index in [4.69, 9.17) is 10.5 Å². The maximum Gasteiger partial charge on any atom is 0.225 e. The van der Waals surface area contributed by atoms with Gasteiger partial charge in [-0.25, -0.2) is 0 Å². The van der Waals surface area contributed by atoms with Gasteiger partial charge in [-0.2, -0.15) is 0 Å². The van der Waals surface area contributed by atoms with Gasteiger partial charge in [-0.15, -0.1) is 12.4 Å². The minimum absolute atomic E-state index is 0. The van der Waals surface area contributed by atoms with E-state index in [1.165, 1.54) is 11.1 Å². The first-order valence-corrected chi connectivity index (χ1v) is 8.28. The van der Waals surface area contributed by atoms with Crippen molar-refractivity contribution in [2.45, 2.75) is 57.0 Å². The quantitative estimate of drug-likeness (QED) is 0.890. The third-order valence-electron chi connectivity index (χ3n) is 5.33. The lowest BCUT2D eigenvalue weighted by Gasteiger charge is -2.37. The van der Waals surface area contributed by atoms with Crippen molar-refractivity contribution in [3.8, 4) is 5.75 Å².